The van der Waals surface area contributed by atoms with Crippen molar-refractivity contribution in [3.8, 4) is 17.0 Å². The molecule has 168 valence electrons. The van der Waals surface area contributed by atoms with Gasteiger partial charge in [0.05, 0.1) is 24.9 Å². The highest BCUT2D eigenvalue weighted by Crippen LogP contribution is 2.37. The van der Waals surface area contributed by atoms with Crippen molar-refractivity contribution in [2.45, 2.75) is 44.4 Å². The second-order valence-electron chi connectivity index (χ2n) is 8.38. The number of carbonyl (C=O) groups excluding carboxylic acids is 1. The van der Waals surface area contributed by atoms with E-state index in [0.717, 1.165) is 37.1 Å². The molecule has 2 aliphatic heterocycles. The van der Waals surface area contributed by atoms with Crippen molar-refractivity contribution in [1.82, 2.24) is 19.8 Å². The van der Waals surface area contributed by atoms with Gasteiger partial charge in [0, 0.05) is 42.4 Å². The van der Waals surface area contributed by atoms with Gasteiger partial charge in [-0.3, -0.25) is 9.48 Å². The van der Waals surface area contributed by atoms with E-state index in [2.05, 4.69) is 10.3 Å². The summed E-state index contributed by atoms with van der Waals surface area (Å²) < 4.78 is 19.5. The fourth-order valence-electron chi connectivity index (χ4n) is 4.48. The molecular formula is C23H25ClN4O4. The summed E-state index contributed by atoms with van der Waals surface area (Å²) in [5, 5.41) is 8.99. The normalized spacial score (nSPS) is 23.1. The van der Waals surface area contributed by atoms with E-state index in [-0.39, 0.29) is 17.8 Å². The topological polar surface area (TPSA) is 82.6 Å². The Labute approximate surface area is 191 Å². The number of piperidine rings is 1. The standard InChI is InChI=1S/C23H25ClN4O4/c1-2-28-13-16(12-25-28)20-10-21(32-26-20)22(29)27-9-3-8-23(15-27)11-19(14-30-23)31-18-6-4-17(24)5-7-18/h4-7,10,12-13,19H,2-3,8-9,11,14-15H2,1H3/t19-,23-/m1/s1. The fraction of sp³-hybridized carbons (Fsp3) is 0.435. The van der Waals surface area contributed by atoms with Crippen LogP contribution in [0.3, 0.4) is 0 Å². The summed E-state index contributed by atoms with van der Waals surface area (Å²) in [6.45, 7) is 4.45. The van der Waals surface area contributed by atoms with Crippen LogP contribution < -0.4 is 4.74 Å². The lowest BCUT2D eigenvalue weighted by atomic mass is 9.89. The molecule has 2 aromatic heterocycles. The van der Waals surface area contributed by atoms with Crippen LogP contribution in [-0.4, -0.2) is 57.1 Å². The molecule has 2 fully saturated rings. The maximum absolute atomic E-state index is 13.1. The van der Waals surface area contributed by atoms with Crippen LogP contribution in [0, 0.1) is 0 Å². The Kier molecular flexibility index (Phi) is 5.65. The van der Waals surface area contributed by atoms with E-state index in [1.807, 2.05) is 37.4 Å². The lowest BCUT2D eigenvalue weighted by Crippen LogP contribution is -2.50. The summed E-state index contributed by atoms with van der Waals surface area (Å²) in [5.74, 6) is 0.828. The molecule has 0 bridgehead atoms. The Balaban J connectivity index is 1.24. The van der Waals surface area contributed by atoms with Crippen LogP contribution in [0.4, 0.5) is 0 Å². The molecule has 4 heterocycles. The number of ether oxygens (including phenoxy) is 2. The van der Waals surface area contributed by atoms with E-state index in [1.54, 1.807) is 21.8 Å². The summed E-state index contributed by atoms with van der Waals surface area (Å²) in [5.41, 5.74) is 1.04. The van der Waals surface area contributed by atoms with Gasteiger partial charge >= 0.3 is 0 Å². The number of rotatable bonds is 5. The van der Waals surface area contributed by atoms with E-state index in [0.29, 0.717) is 30.4 Å². The molecule has 3 aromatic rings. The van der Waals surface area contributed by atoms with Crippen LogP contribution in [0.15, 0.2) is 47.2 Å². The monoisotopic (exact) mass is 456 g/mol. The third-order valence-electron chi connectivity index (χ3n) is 6.09. The molecule has 2 atom stereocenters. The van der Waals surface area contributed by atoms with Crippen LogP contribution in [0.1, 0.15) is 36.7 Å². The molecule has 1 amide bonds. The summed E-state index contributed by atoms with van der Waals surface area (Å²) in [6.07, 6.45) is 6.04. The molecule has 2 aliphatic rings. The second-order valence-corrected chi connectivity index (χ2v) is 8.82. The van der Waals surface area contributed by atoms with Gasteiger partial charge in [-0.15, -0.1) is 0 Å². The SMILES string of the molecule is CCn1cc(-c2cc(C(=O)N3CCC[C@@]4(C[C@@H](Oc5ccc(Cl)cc5)CO4)C3)on2)cn1. The number of aryl methyl sites for hydroxylation is 1. The second kappa shape index (κ2) is 8.60. The van der Waals surface area contributed by atoms with E-state index >= 15 is 0 Å². The molecule has 32 heavy (non-hydrogen) atoms. The molecule has 9 heteroatoms. The minimum absolute atomic E-state index is 0.0572. The Bertz CT molecular complexity index is 1100. The molecule has 0 aliphatic carbocycles. The molecule has 5 rings (SSSR count). The van der Waals surface area contributed by atoms with Crippen LogP contribution in [-0.2, 0) is 11.3 Å². The molecular weight excluding hydrogens is 432 g/mol. The third kappa shape index (κ3) is 4.25. The molecule has 0 radical (unpaired) electrons. The molecule has 2 saturated heterocycles. The summed E-state index contributed by atoms with van der Waals surface area (Å²) in [6, 6.07) is 9.01. The quantitative estimate of drug-likeness (QED) is 0.576. The molecule has 1 aromatic carbocycles. The largest absolute Gasteiger partial charge is 0.488 e. The van der Waals surface area contributed by atoms with Crippen molar-refractivity contribution in [1.29, 1.82) is 0 Å². The molecule has 0 N–H and O–H groups in total. The van der Waals surface area contributed by atoms with Crippen LogP contribution in [0.2, 0.25) is 5.02 Å². The Morgan fingerprint density at radius 3 is 2.97 bits per heavy atom. The molecule has 8 nitrogen and oxygen atoms in total. The van der Waals surface area contributed by atoms with E-state index < -0.39 is 5.60 Å². The van der Waals surface area contributed by atoms with Crippen molar-refractivity contribution < 1.29 is 18.8 Å². The lowest BCUT2D eigenvalue weighted by Gasteiger charge is -2.39. The predicted molar refractivity (Wildman–Crippen MR) is 118 cm³/mol. The number of nitrogens with zero attached hydrogens (tertiary/aromatic N) is 4. The molecule has 0 unspecified atom stereocenters. The smallest absolute Gasteiger partial charge is 0.292 e. The number of aromatic nitrogens is 3. The number of amides is 1. The van der Waals surface area contributed by atoms with Gasteiger partial charge in [-0.25, -0.2) is 0 Å². The lowest BCUT2D eigenvalue weighted by molar-refractivity contribution is -0.0460. The number of halogens is 1. The van der Waals surface area contributed by atoms with Gasteiger partial charge in [-0.1, -0.05) is 16.8 Å². The van der Waals surface area contributed by atoms with Gasteiger partial charge < -0.3 is 18.9 Å². The zero-order valence-electron chi connectivity index (χ0n) is 17.9. The van der Waals surface area contributed by atoms with E-state index in [9.17, 15) is 4.79 Å². The molecule has 0 saturated carbocycles. The van der Waals surface area contributed by atoms with Gasteiger partial charge in [-0.2, -0.15) is 5.10 Å². The maximum Gasteiger partial charge on any atom is 0.292 e. The molecule has 1 spiro atoms. The number of benzene rings is 1. The van der Waals surface area contributed by atoms with E-state index in [4.69, 9.17) is 25.6 Å². The first-order chi connectivity index (χ1) is 15.5. The number of likely N-dealkylation sites (tertiary alicyclic amines) is 1. The first-order valence-corrected chi connectivity index (χ1v) is 11.3. The summed E-state index contributed by atoms with van der Waals surface area (Å²) in [4.78, 5) is 14.9. The zero-order chi connectivity index (χ0) is 22.1. The highest BCUT2D eigenvalue weighted by Gasteiger charge is 2.46. The Hall–Kier alpha value is -2.84. The number of carbonyl (C=O) groups is 1. The van der Waals surface area contributed by atoms with Crippen molar-refractivity contribution in [2.24, 2.45) is 0 Å². The Morgan fingerprint density at radius 1 is 1.34 bits per heavy atom. The van der Waals surface area contributed by atoms with Crippen molar-refractivity contribution >= 4 is 17.5 Å². The van der Waals surface area contributed by atoms with Crippen LogP contribution in [0.25, 0.3) is 11.3 Å². The number of hydrogen-bond donors (Lipinski definition) is 0. The fourth-order valence-corrected chi connectivity index (χ4v) is 4.60. The third-order valence-corrected chi connectivity index (χ3v) is 6.34. The van der Waals surface area contributed by atoms with Gasteiger partial charge in [0.25, 0.3) is 5.91 Å². The average Bonchev–Trinajstić information content (AvgIpc) is 3.55. The minimum Gasteiger partial charge on any atom is -0.488 e. The van der Waals surface area contributed by atoms with Crippen molar-refractivity contribution in [3.05, 3.63) is 53.5 Å². The van der Waals surface area contributed by atoms with Gasteiger partial charge in [0.2, 0.25) is 5.76 Å². The average molecular weight is 457 g/mol. The van der Waals surface area contributed by atoms with Crippen LogP contribution in [0.5, 0.6) is 5.75 Å². The van der Waals surface area contributed by atoms with Crippen molar-refractivity contribution in [2.75, 3.05) is 19.7 Å². The highest BCUT2D eigenvalue weighted by molar-refractivity contribution is 6.30. The zero-order valence-corrected chi connectivity index (χ0v) is 18.6. The maximum atomic E-state index is 13.1. The first-order valence-electron chi connectivity index (χ1n) is 10.9. The van der Waals surface area contributed by atoms with Gasteiger partial charge in [-0.05, 0) is 44.0 Å². The predicted octanol–water partition coefficient (Wildman–Crippen LogP) is 4.05. The first kappa shape index (κ1) is 21.0. The summed E-state index contributed by atoms with van der Waals surface area (Å²) in [7, 11) is 0. The van der Waals surface area contributed by atoms with Gasteiger partial charge in [0.1, 0.15) is 17.5 Å². The van der Waals surface area contributed by atoms with Gasteiger partial charge in [0.15, 0.2) is 0 Å². The Morgan fingerprint density at radius 2 is 2.19 bits per heavy atom. The van der Waals surface area contributed by atoms with E-state index in [1.165, 1.54) is 0 Å². The summed E-state index contributed by atoms with van der Waals surface area (Å²) >= 11 is 5.95. The van der Waals surface area contributed by atoms with Crippen LogP contribution >= 0.6 is 11.6 Å². The number of hydrogen-bond acceptors (Lipinski definition) is 6. The highest BCUT2D eigenvalue weighted by atomic mass is 35.5. The minimum atomic E-state index is -0.393. The van der Waals surface area contributed by atoms with Crippen molar-refractivity contribution in [3.63, 3.8) is 0 Å².